The minimum Gasteiger partial charge on any atom is -0.363 e. The molecule has 3 nitrogen and oxygen atoms in total. The number of aldehydes is 1. The molecule has 0 radical (unpaired) electrons. The first-order valence-electron chi connectivity index (χ1n) is 5.81. The summed E-state index contributed by atoms with van der Waals surface area (Å²) in [5, 5.41) is 0. The molecule has 0 fully saturated rings. The second-order valence-corrected chi connectivity index (χ2v) is 4.50. The van der Waals surface area contributed by atoms with Gasteiger partial charge in [0.15, 0.2) is 0 Å². The maximum absolute atomic E-state index is 10.8. The zero-order valence-electron chi connectivity index (χ0n) is 10.8. The Balaban J connectivity index is 2.47. The Morgan fingerprint density at radius 2 is 2.00 bits per heavy atom. The molecule has 0 saturated carbocycles. The van der Waals surface area contributed by atoms with E-state index in [0.29, 0.717) is 5.56 Å². The molecule has 1 aromatic carbocycles. The highest BCUT2D eigenvalue weighted by Gasteiger charge is 2.05. The average Bonchev–Trinajstić information content (AvgIpc) is 2.38. The third kappa shape index (κ3) is 2.40. The third-order valence-electron chi connectivity index (χ3n) is 2.89. The van der Waals surface area contributed by atoms with Crippen LogP contribution in [0.15, 0.2) is 36.5 Å². The summed E-state index contributed by atoms with van der Waals surface area (Å²) in [7, 11) is 3.93. The Hall–Kier alpha value is -2.16. The van der Waals surface area contributed by atoms with E-state index in [9.17, 15) is 4.79 Å². The second kappa shape index (κ2) is 5.00. The maximum atomic E-state index is 10.8. The first-order valence-corrected chi connectivity index (χ1v) is 5.81. The predicted octanol–water partition coefficient (Wildman–Crippen LogP) is 2.94. The van der Waals surface area contributed by atoms with Crippen LogP contribution in [0.25, 0.3) is 11.1 Å². The highest BCUT2D eigenvalue weighted by molar-refractivity contribution is 5.79. The number of hydrogen-bond acceptors (Lipinski definition) is 3. The summed E-state index contributed by atoms with van der Waals surface area (Å²) in [5.41, 5.74) is 3.92. The lowest BCUT2D eigenvalue weighted by Gasteiger charge is -2.14. The monoisotopic (exact) mass is 240 g/mol. The summed E-state index contributed by atoms with van der Waals surface area (Å²) in [5.74, 6) is 0.933. The molecule has 0 aliphatic rings. The largest absolute Gasteiger partial charge is 0.363 e. The normalized spacial score (nSPS) is 10.2. The van der Waals surface area contributed by atoms with Crippen LogP contribution in [0, 0.1) is 6.92 Å². The third-order valence-corrected chi connectivity index (χ3v) is 2.89. The molecule has 0 unspecified atom stereocenters. The molecular weight excluding hydrogens is 224 g/mol. The van der Waals surface area contributed by atoms with E-state index in [-0.39, 0.29) is 0 Å². The molecule has 0 aliphatic heterocycles. The molecule has 0 atom stereocenters. The molecule has 2 rings (SSSR count). The number of hydrogen-bond donors (Lipinski definition) is 0. The van der Waals surface area contributed by atoms with Gasteiger partial charge in [-0.15, -0.1) is 0 Å². The molecule has 0 amide bonds. The van der Waals surface area contributed by atoms with Gasteiger partial charge in [0.05, 0.1) is 0 Å². The van der Waals surface area contributed by atoms with Crippen LogP contribution >= 0.6 is 0 Å². The molecule has 0 saturated heterocycles. The zero-order valence-corrected chi connectivity index (χ0v) is 10.8. The van der Waals surface area contributed by atoms with E-state index in [0.717, 1.165) is 28.8 Å². The maximum Gasteiger partial charge on any atom is 0.150 e. The predicted molar refractivity (Wildman–Crippen MR) is 74.1 cm³/mol. The Kier molecular flexibility index (Phi) is 3.42. The van der Waals surface area contributed by atoms with Crippen molar-refractivity contribution in [3.05, 3.63) is 47.7 Å². The van der Waals surface area contributed by atoms with Crippen molar-refractivity contribution in [3.8, 4) is 11.1 Å². The standard InChI is InChI=1S/C15H16N2O/c1-11-7-15(17(2)3)16-9-14(11)13-6-4-5-12(8-13)10-18/h4-10H,1-3H3. The lowest BCUT2D eigenvalue weighted by atomic mass is 10.0. The van der Waals surface area contributed by atoms with E-state index in [1.165, 1.54) is 0 Å². The van der Waals surface area contributed by atoms with E-state index >= 15 is 0 Å². The number of aryl methyl sites for hydroxylation is 1. The van der Waals surface area contributed by atoms with Crippen LogP contribution in [0.1, 0.15) is 15.9 Å². The van der Waals surface area contributed by atoms with Crippen LogP contribution in [0.2, 0.25) is 0 Å². The molecule has 0 spiro atoms. The van der Waals surface area contributed by atoms with Gasteiger partial charge in [-0.2, -0.15) is 0 Å². The number of rotatable bonds is 3. The van der Waals surface area contributed by atoms with Crippen molar-refractivity contribution in [1.29, 1.82) is 0 Å². The molecule has 0 N–H and O–H groups in total. The number of benzene rings is 1. The molecule has 92 valence electrons. The zero-order chi connectivity index (χ0) is 13.1. The van der Waals surface area contributed by atoms with Crippen molar-refractivity contribution >= 4 is 12.1 Å². The number of pyridine rings is 1. The average molecular weight is 240 g/mol. The second-order valence-electron chi connectivity index (χ2n) is 4.50. The van der Waals surface area contributed by atoms with E-state index in [2.05, 4.69) is 11.9 Å². The lowest BCUT2D eigenvalue weighted by molar-refractivity contribution is 0.112. The molecule has 3 heteroatoms. The summed E-state index contributed by atoms with van der Waals surface area (Å²) in [6.07, 6.45) is 2.72. The van der Waals surface area contributed by atoms with Gasteiger partial charge >= 0.3 is 0 Å². The summed E-state index contributed by atoms with van der Waals surface area (Å²) in [6.45, 7) is 2.05. The number of nitrogens with zero attached hydrogens (tertiary/aromatic N) is 2. The fraction of sp³-hybridized carbons (Fsp3) is 0.200. The Bertz CT molecular complexity index is 576. The lowest BCUT2D eigenvalue weighted by Crippen LogP contribution is -2.10. The van der Waals surface area contributed by atoms with Gasteiger partial charge in [0.25, 0.3) is 0 Å². The van der Waals surface area contributed by atoms with Gasteiger partial charge in [-0.1, -0.05) is 18.2 Å². The molecule has 1 aromatic heterocycles. The Morgan fingerprint density at radius 3 is 2.61 bits per heavy atom. The Morgan fingerprint density at radius 1 is 1.22 bits per heavy atom. The van der Waals surface area contributed by atoms with Gasteiger partial charge in [-0.25, -0.2) is 4.98 Å². The van der Waals surface area contributed by atoms with Gasteiger partial charge in [-0.05, 0) is 30.2 Å². The quantitative estimate of drug-likeness (QED) is 0.773. The highest BCUT2D eigenvalue weighted by Crippen LogP contribution is 2.25. The van der Waals surface area contributed by atoms with Gasteiger partial charge in [0.2, 0.25) is 0 Å². The van der Waals surface area contributed by atoms with E-state index in [4.69, 9.17) is 0 Å². The topological polar surface area (TPSA) is 33.2 Å². The van der Waals surface area contributed by atoms with Crippen molar-refractivity contribution in [1.82, 2.24) is 4.98 Å². The fourth-order valence-electron chi connectivity index (χ4n) is 1.87. The SMILES string of the molecule is Cc1cc(N(C)C)ncc1-c1cccc(C=O)c1. The van der Waals surface area contributed by atoms with E-state index in [1.54, 1.807) is 6.07 Å². The van der Waals surface area contributed by atoms with Gasteiger partial charge < -0.3 is 4.90 Å². The molecule has 0 bridgehead atoms. The van der Waals surface area contributed by atoms with Crippen LogP contribution in [-0.4, -0.2) is 25.4 Å². The van der Waals surface area contributed by atoms with Crippen LogP contribution in [0.5, 0.6) is 0 Å². The van der Waals surface area contributed by atoms with E-state index in [1.807, 2.05) is 49.5 Å². The van der Waals surface area contributed by atoms with Crippen LogP contribution in [-0.2, 0) is 0 Å². The molecule has 18 heavy (non-hydrogen) atoms. The van der Waals surface area contributed by atoms with Crippen molar-refractivity contribution in [2.45, 2.75) is 6.92 Å². The summed E-state index contributed by atoms with van der Waals surface area (Å²) < 4.78 is 0. The summed E-state index contributed by atoms with van der Waals surface area (Å²) >= 11 is 0. The smallest absolute Gasteiger partial charge is 0.150 e. The van der Waals surface area contributed by atoms with Crippen LogP contribution in [0.4, 0.5) is 5.82 Å². The fourth-order valence-corrected chi connectivity index (χ4v) is 1.87. The first kappa shape index (κ1) is 12.3. The minimum absolute atomic E-state index is 0.684. The molecule has 1 heterocycles. The number of carbonyl (C=O) groups is 1. The van der Waals surface area contributed by atoms with Crippen molar-refractivity contribution < 1.29 is 4.79 Å². The summed E-state index contributed by atoms with van der Waals surface area (Å²) in [4.78, 5) is 17.2. The highest BCUT2D eigenvalue weighted by atomic mass is 16.1. The van der Waals surface area contributed by atoms with E-state index < -0.39 is 0 Å². The number of aromatic nitrogens is 1. The minimum atomic E-state index is 0.684. The van der Waals surface area contributed by atoms with Crippen LogP contribution in [0.3, 0.4) is 0 Å². The van der Waals surface area contributed by atoms with Crippen molar-refractivity contribution in [2.24, 2.45) is 0 Å². The molecule has 0 aliphatic carbocycles. The first-order chi connectivity index (χ1) is 8.61. The van der Waals surface area contributed by atoms with Crippen molar-refractivity contribution in [3.63, 3.8) is 0 Å². The van der Waals surface area contributed by atoms with Gasteiger partial charge in [0, 0.05) is 31.4 Å². The Labute approximate surface area is 107 Å². The van der Waals surface area contributed by atoms with Crippen LogP contribution < -0.4 is 4.90 Å². The van der Waals surface area contributed by atoms with Gasteiger partial charge in [-0.3, -0.25) is 4.79 Å². The molecular formula is C15H16N2O. The van der Waals surface area contributed by atoms with Gasteiger partial charge in [0.1, 0.15) is 12.1 Å². The number of anilines is 1. The summed E-state index contributed by atoms with van der Waals surface area (Å²) in [6, 6.07) is 9.60. The van der Waals surface area contributed by atoms with Crippen molar-refractivity contribution in [2.75, 3.05) is 19.0 Å². The number of carbonyl (C=O) groups excluding carboxylic acids is 1. The molecule has 2 aromatic rings.